The molecule has 2 amide bonds. The Hall–Kier alpha value is -3.18. The van der Waals surface area contributed by atoms with E-state index in [1.165, 1.54) is 23.1 Å². The van der Waals surface area contributed by atoms with Gasteiger partial charge in [0.15, 0.2) is 0 Å². The van der Waals surface area contributed by atoms with E-state index in [1.54, 1.807) is 0 Å². The van der Waals surface area contributed by atoms with Crippen LogP contribution in [0.5, 0.6) is 0 Å². The number of benzene rings is 2. The average molecular weight is 420 g/mol. The molecule has 1 saturated heterocycles. The molecule has 2 N–H and O–H groups in total. The van der Waals surface area contributed by atoms with Crippen LogP contribution in [0.1, 0.15) is 27.9 Å². The van der Waals surface area contributed by atoms with Gasteiger partial charge in [-0.2, -0.15) is 5.26 Å². The number of rotatable bonds is 4. The van der Waals surface area contributed by atoms with E-state index in [2.05, 4.69) is 11.4 Å². The quantitative estimate of drug-likeness (QED) is 0.790. The molecule has 2 aromatic carbocycles. The summed E-state index contributed by atoms with van der Waals surface area (Å²) in [7, 11) is 0. The molecule has 9 heteroatoms. The third-order valence-electron chi connectivity index (χ3n) is 4.92. The molecule has 29 heavy (non-hydrogen) atoms. The van der Waals surface area contributed by atoms with Crippen LogP contribution in [0.4, 0.5) is 13.6 Å². The molecule has 0 radical (unpaired) electrons. The molecular weight excluding hydrogens is 404 g/mol. The maximum Gasteiger partial charge on any atom is 0.338 e. The maximum absolute atomic E-state index is 14.3. The summed E-state index contributed by atoms with van der Waals surface area (Å²) in [6.07, 6.45) is 0.261. The van der Waals surface area contributed by atoms with Crippen molar-refractivity contribution >= 4 is 23.6 Å². The number of nitrogens with zero attached hydrogens (tertiary/aromatic N) is 2. The average Bonchev–Trinajstić information content (AvgIpc) is 3.11. The molecule has 1 fully saturated rings. The third kappa shape index (κ3) is 4.15. The number of hydrogen-bond donors (Lipinski definition) is 2. The summed E-state index contributed by atoms with van der Waals surface area (Å²) < 4.78 is 28.1. The van der Waals surface area contributed by atoms with Crippen molar-refractivity contribution in [3.63, 3.8) is 0 Å². The maximum atomic E-state index is 14.3. The zero-order chi connectivity index (χ0) is 21.2. The van der Waals surface area contributed by atoms with E-state index >= 15 is 0 Å². The van der Waals surface area contributed by atoms with Gasteiger partial charge >= 0.3 is 12.0 Å². The standard InChI is InChI=1S/C20H16ClF2N3O3/c21-13-2-4-15(17(23)8-13)20(10-24)5-6-26(11-20)19(29)25-9-12-1-3-14(18(27)28)16(22)7-12/h1-4,7-8H,5-6,9,11H2,(H,25,29)(H,27,28). The Labute approximate surface area is 170 Å². The minimum Gasteiger partial charge on any atom is -0.478 e. The topological polar surface area (TPSA) is 93.4 Å². The molecule has 0 saturated carbocycles. The Balaban J connectivity index is 1.68. The predicted octanol–water partition coefficient (Wildman–Crippen LogP) is 3.69. The number of carboxylic acids is 1. The fraction of sp³-hybridized carbons (Fsp3) is 0.250. The lowest BCUT2D eigenvalue weighted by atomic mass is 9.81. The summed E-state index contributed by atoms with van der Waals surface area (Å²) >= 11 is 5.77. The van der Waals surface area contributed by atoms with Gasteiger partial charge in [0.1, 0.15) is 17.0 Å². The minimum absolute atomic E-state index is 0.000197. The first-order valence-corrected chi connectivity index (χ1v) is 9.05. The fourth-order valence-electron chi connectivity index (χ4n) is 3.36. The van der Waals surface area contributed by atoms with Crippen molar-refractivity contribution in [3.8, 4) is 6.07 Å². The van der Waals surface area contributed by atoms with Crippen molar-refractivity contribution in [2.75, 3.05) is 13.1 Å². The van der Waals surface area contributed by atoms with Gasteiger partial charge in [0, 0.05) is 30.2 Å². The lowest BCUT2D eigenvalue weighted by molar-refractivity contribution is 0.0692. The van der Waals surface area contributed by atoms with Crippen LogP contribution in [0.25, 0.3) is 0 Å². The van der Waals surface area contributed by atoms with Gasteiger partial charge in [-0.25, -0.2) is 18.4 Å². The Morgan fingerprint density at radius 2 is 2.00 bits per heavy atom. The number of aromatic carboxylic acids is 1. The molecule has 1 heterocycles. The number of carboxylic acid groups (broad SMARTS) is 1. The van der Waals surface area contributed by atoms with Crippen LogP contribution in [0, 0.1) is 23.0 Å². The third-order valence-corrected chi connectivity index (χ3v) is 5.16. The van der Waals surface area contributed by atoms with Crippen LogP contribution >= 0.6 is 11.6 Å². The Morgan fingerprint density at radius 1 is 1.24 bits per heavy atom. The smallest absolute Gasteiger partial charge is 0.338 e. The molecule has 3 rings (SSSR count). The number of urea groups is 1. The Morgan fingerprint density at radius 3 is 2.62 bits per heavy atom. The number of likely N-dealkylation sites (tertiary alicyclic amines) is 1. The highest BCUT2D eigenvalue weighted by Crippen LogP contribution is 2.36. The normalized spacial score (nSPS) is 18.3. The van der Waals surface area contributed by atoms with Gasteiger partial charge < -0.3 is 15.3 Å². The minimum atomic E-state index is -1.38. The van der Waals surface area contributed by atoms with Crippen LogP contribution in [0.15, 0.2) is 36.4 Å². The van der Waals surface area contributed by atoms with E-state index in [9.17, 15) is 23.6 Å². The highest BCUT2D eigenvalue weighted by Gasteiger charge is 2.43. The van der Waals surface area contributed by atoms with Gasteiger partial charge in [-0.3, -0.25) is 0 Å². The zero-order valence-corrected chi connectivity index (χ0v) is 15.8. The molecule has 1 atom stereocenters. The highest BCUT2D eigenvalue weighted by atomic mass is 35.5. The number of hydrogen-bond acceptors (Lipinski definition) is 3. The van der Waals surface area contributed by atoms with E-state index in [-0.39, 0.29) is 36.6 Å². The monoisotopic (exact) mass is 419 g/mol. The lowest BCUT2D eigenvalue weighted by Crippen LogP contribution is -2.40. The van der Waals surface area contributed by atoms with Gasteiger partial charge in [0.2, 0.25) is 0 Å². The summed E-state index contributed by atoms with van der Waals surface area (Å²) in [6.45, 7) is 0.217. The summed E-state index contributed by atoms with van der Waals surface area (Å²) in [5.74, 6) is -2.88. The number of nitrogens with one attached hydrogen (secondary N) is 1. The van der Waals surface area contributed by atoms with Crippen LogP contribution in [-0.2, 0) is 12.0 Å². The Bertz CT molecular complexity index is 1020. The molecular formula is C20H16ClF2N3O3. The zero-order valence-electron chi connectivity index (χ0n) is 15.1. The second kappa shape index (κ2) is 8.05. The molecule has 0 spiro atoms. The van der Waals surface area contributed by atoms with E-state index < -0.39 is 34.6 Å². The molecule has 1 aliphatic rings. The summed E-state index contributed by atoms with van der Waals surface area (Å²) in [6, 6.07) is 9.29. The predicted molar refractivity (Wildman–Crippen MR) is 100 cm³/mol. The first-order valence-electron chi connectivity index (χ1n) is 8.67. The van der Waals surface area contributed by atoms with Crippen LogP contribution in [0.3, 0.4) is 0 Å². The van der Waals surface area contributed by atoms with Crippen molar-refractivity contribution in [2.24, 2.45) is 0 Å². The molecule has 6 nitrogen and oxygen atoms in total. The summed E-state index contributed by atoms with van der Waals surface area (Å²) in [5, 5.41) is 21.3. The molecule has 2 aromatic rings. The SMILES string of the molecule is N#CC1(c2ccc(Cl)cc2F)CCN(C(=O)NCc2ccc(C(=O)O)c(F)c2)C1. The summed E-state index contributed by atoms with van der Waals surface area (Å²) in [4.78, 5) is 24.7. The van der Waals surface area contributed by atoms with Crippen molar-refractivity contribution in [1.29, 1.82) is 5.26 Å². The molecule has 0 aromatic heterocycles. The van der Waals surface area contributed by atoms with Gasteiger partial charge in [-0.15, -0.1) is 0 Å². The van der Waals surface area contributed by atoms with Crippen LogP contribution in [0.2, 0.25) is 5.02 Å². The molecule has 150 valence electrons. The molecule has 0 aliphatic carbocycles. The first kappa shape index (κ1) is 20.6. The van der Waals surface area contributed by atoms with Crippen molar-refractivity contribution in [3.05, 3.63) is 69.7 Å². The lowest BCUT2D eigenvalue weighted by Gasteiger charge is -2.23. The van der Waals surface area contributed by atoms with Gasteiger partial charge in [0.25, 0.3) is 0 Å². The molecule has 1 unspecified atom stereocenters. The van der Waals surface area contributed by atoms with Crippen molar-refractivity contribution in [2.45, 2.75) is 18.4 Å². The van der Waals surface area contributed by atoms with Gasteiger partial charge in [-0.1, -0.05) is 23.7 Å². The number of nitriles is 1. The van der Waals surface area contributed by atoms with Gasteiger partial charge in [-0.05, 0) is 36.2 Å². The van der Waals surface area contributed by atoms with Gasteiger partial charge in [0.05, 0.1) is 11.6 Å². The number of carbonyl (C=O) groups is 2. The molecule has 0 bridgehead atoms. The number of amides is 2. The molecule has 1 aliphatic heterocycles. The van der Waals surface area contributed by atoms with E-state index in [0.717, 1.165) is 18.2 Å². The van der Waals surface area contributed by atoms with Crippen molar-refractivity contribution < 1.29 is 23.5 Å². The second-order valence-corrected chi connectivity index (χ2v) is 7.20. The number of halogens is 3. The van der Waals surface area contributed by atoms with E-state index in [4.69, 9.17) is 16.7 Å². The second-order valence-electron chi connectivity index (χ2n) is 6.77. The van der Waals surface area contributed by atoms with Crippen LogP contribution < -0.4 is 5.32 Å². The first-order chi connectivity index (χ1) is 13.8. The Kier molecular flexibility index (Phi) is 5.71. The number of carbonyl (C=O) groups excluding carboxylic acids is 1. The highest BCUT2D eigenvalue weighted by molar-refractivity contribution is 6.30. The van der Waals surface area contributed by atoms with E-state index in [1.807, 2.05) is 0 Å². The largest absolute Gasteiger partial charge is 0.478 e. The van der Waals surface area contributed by atoms with Crippen LogP contribution in [-0.4, -0.2) is 35.1 Å². The van der Waals surface area contributed by atoms with E-state index in [0.29, 0.717) is 5.56 Å². The van der Waals surface area contributed by atoms with Crippen molar-refractivity contribution in [1.82, 2.24) is 10.2 Å². The fourth-order valence-corrected chi connectivity index (χ4v) is 3.52. The summed E-state index contributed by atoms with van der Waals surface area (Å²) in [5.41, 5.74) is -1.06.